The molecule has 0 spiro atoms. The average Bonchev–Trinajstić information content (AvgIpc) is 3.19. The number of carbonyl (C=O) groups excluding carboxylic acids is 1. The van der Waals surface area contributed by atoms with Crippen LogP contribution in [0.4, 0.5) is 4.39 Å². The van der Waals surface area contributed by atoms with Gasteiger partial charge in [0, 0.05) is 11.6 Å². The quantitative estimate of drug-likeness (QED) is 0.671. The number of ether oxygens (including phenoxy) is 2. The largest absolute Gasteiger partial charge is 0.497 e. The minimum absolute atomic E-state index is 0.124. The molecule has 0 saturated heterocycles. The molecular weight excluding hydrogens is 365 g/mol. The number of rotatable bonds is 7. The lowest BCUT2D eigenvalue weighted by atomic mass is 10.1. The van der Waals surface area contributed by atoms with Crippen molar-refractivity contribution in [2.24, 2.45) is 0 Å². The zero-order valence-corrected chi connectivity index (χ0v) is 15.7. The zero-order valence-electron chi connectivity index (χ0n) is 15.7. The normalized spacial score (nSPS) is 11.7. The monoisotopic (exact) mass is 385 g/mol. The Hall–Kier alpha value is -3.42. The minimum Gasteiger partial charge on any atom is -0.497 e. The van der Waals surface area contributed by atoms with Gasteiger partial charge in [0.15, 0.2) is 0 Å². The van der Waals surface area contributed by atoms with E-state index in [1.165, 1.54) is 12.1 Å². The van der Waals surface area contributed by atoms with Crippen LogP contribution in [0.5, 0.6) is 11.5 Å². The van der Waals surface area contributed by atoms with E-state index in [1.807, 2.05) is 0 Å². The molecule has 28 heavy (non-hydrogen) atoms. The molecule has 2 aromatic carbocycles. The van der Waals surface area contributed by atoms with Crippen molar-refractivity contribution in [1.82, 2.24) is 15.5 Å². The maximum Gasteiger partial charge on any atom is 0.249 e. The second-order valence-corrected chi connectivity index (χ2v) is 6.15. The standard InChI is InChI=1S/C20H20FN3O4/c1-12(22-18(25)8-13-4-6-15(21)7-5-13)20-23-19(24-28-20)14-9-16(26-2)11-17(10-14)27-3/h4-7,9-12H,8H2,1-3H3,(H,22,25)/t12-/m0/s1. The van der Waals surface area contributed by atoms with E-state index in [0.717, 1.165) is 0 Å². The molecule has 1 heterocycles. The number of aromatic nitrogens is 2. The van der Waals surface area contributed by atoms with Crippen LogP contribution in [0.15, 0.2) is 47.0 Å². The molecule has 1 atom stereocenters. The van der Waals surface area contributed by atoms with Crippen LogP contribution in [-0.2, 0) is 11.2 Å². The van der Waals surface area contributed by atoms with E-state index >= 15 is 0 Å². The smallest absolute Gasteiger partial charge is 0.249 e. The van der Waals surface area contributed by atoms with Crippen molar-refractivity contribution in [3.05, 3.63) is 59.7 Å². The number of nitrogens with zero attached hydrogens (tertiary/aromatic N) is 2. The summed E-state index contributed by atoms with van der Waals surface area (Å²) in [6, 6.07) is 10.5. The lowest BCUT2D eigenvalue weighted by Crippen LogP contribution is -2.28. The molecule has 3 aromatic rings. The molecular formula is C20H20FN3O4. The molecule has 0 bridgehead atoms. The molecule has 0 aliphatic carbocycles. The highest BCUT2D eigenvalue weighted by Gasteiger charge is 2.18. The van der Waals surface area contributed by atoms with E-state index in [2.05, 4.69) is 15.5 Å². The van der Waals surface area contributed by atoms with E-state index in [-0.39, 0.29) is 24.0 Å². The molecule has 0 radical (unpaired) electrons. The molecule has 0 unspecified atom stereocenters. The van der Waals surface area contributed by atoms with Gasteiger partial charge < -0.3 is 19.3 Å². The third-order valence-electron chi connectivity index (χ3n) is 4.08. The Morgan fingerprint density at radius 1 is 1.14 bits per heavy atom. The Balaban J connectivity index is 1.69. The van der Waals surface area contributed by atoms with E-state index in [4.69, 9.17) is 14.0 Å². The van der Waals surface area contributed by atoms with E-state index < -0.39 is 6.04 Å². The van der Waals surface area contributed by atoms with Crippen molar-refractivity contribution in [2.45, 2.75) is 19.4 Å². The number of amides is 1. The molecule has 0 fully saturated rings. The first kappa shape index (κ1) is 19.3. The Kier molecular flexibility index (Phi) is 5.88. The first-order valence-electron chi connectivity index (χ1n) is 8.59. The van der Waals surface area contributed by atoms with Crippen molar-refractivity contribution < 1.29 is 23.2 Å². The molecule has 1 aromatic heterocycles. The predicted octanol–water partition coefficient (Wildman–Crippen LogP) is 3.31. The van der Waals surface area contributed by atoms with Gasteiger partial charge in [-0.1, -0.05) is 17.3 Å². The van der Waals surface area contributed by atoms with Gasteiger partial charge in [-0.05, 0) is 36.8 Å². The molecule has 8 heteroatoms. The highest BCUT2D eigenvalue weighted by molar-refractivity contribution is 5.78. The number of hydrogen-bond donors (Lipinski definition) is 1. The summed E-state index contributed by atoms with van der Waals surface area (Å²) in [5.74, 6) is 1.24. The molecule has 7 nitrogen and oxygen atoms in total. The lowest BCUT2D eigenvalue weighted by molar-refractivity contribution is -0.121. The summed E-state index contributed by atoms with van der Waals surface area (Å²) in [6.45, 7) is 1.74. The SMILES string of the molecule is COc1cc(OC)cc(-c2noc([C@H](C)NC(=O)Cc3ccc(F)cc3)n2)c1. The van der Waals surface area contributed by atoms with E-state index in [1.54, 1.807) is 51.5 Å². The number of methoxy groups -OCH3 is 2. The van der Waals surface area contributed by atoms with Crippen molar-refractivity contribution in [3.63, 3.8) is 0 Å². The summed E-state index contributed by atoms with van der Waals surface area (Å²) in [4.78, 5) is 16.5. The summed E-state index contributed by atoms with van der Waals surface area (Å²) in [7, 11) is 3.11. The molecule has 0 saturated carbocycles. The van der Waals surface area contributed by atoms with Crippen molar-refractivity contribution in [2.75, 3.05) is 14.2 Å². The summed E-state index contributed by atoms with van der Waals surface area (Å²) < 4.78 is 28.7. The van der Waals surface area contributed by atoms with Gasteiger partial charge in [0.2, 0.25) is 17.6 Å². The van der Waals surface area contributed by atoms with Gasteiger partial charge in [0.25, 0.3) is 0 Å². The fourth-order valence-corrected chi connectivity index (χ4v) is 2.61. The Morgan fingerprint density at radius 3 is 2.39 bits per heavy atom. The number of benzene rings is 2. The zero-order chi connectivity index (χ0) is 20.1. The van der Waals surface area contributed by atoms with Crippen LogP contribution in [0.25, 0.3) is 11.4 Å². The van der Waals surface area contributed by atoms with E-state index in [9.17, 15) is 9.18 Å². The summed E-state index contributed by atoms with van der Waals surface area (Å²) in [6.07, 6.45) is 0.124. The Morgan fingerprint density at radius 2 is 1.79 bits per heavy atom. The van der Waals surface area contributed by atoms with Gasteiger partial charge >= 0.3 is 0 Å². The molecule has 1 amide bonds. The third-order valence-corrected chi connectivity index (χ3v) is 4.08. The number of nitrogens with one attached hydrogen (secondary N) is 1. The average molecular weight is 385 g/mol. The van der Waals surface area contributed by atoms with Crippen LogP contribution in [-0.4, -0.2) is 30.3 Å². The van der Waals surface area contributed by atoms with Crippen LogP contribution in [0.3, 0.4) is 0 Å². The number of carbonyl (C=O) groups is 1. The second-order valence-electron chi connectivity index (χ2n) is 6.15. The predicted molar refractivity (Wildman–Crippen MR) is 99.5 cm³/mol. The van der Waals surface area contributed by atoms with Crippen molar-refractivity contribution in [3.8, 4) is 22.9 Å². The van der Waals surface area contributed by atoms with Gasteiger partial charge in [-0.3, -0.25) is 4.79 Å². The molecule has 0 aliphatic rings. The lowest BCUT2D eigenvalue weighted by Gasteiger charge is -2.09. The minimum atomic E-state index is -0.485. The van der Waals surface area contributed by atoms with Gasteiger partial charge in [-0.2, -0.15) is 4.98 Å². The summed E-state index contributed by atoms with van der Waals surface area (Å²) >= 11 is 0. The van der Waals surface area contributed by atoms with Gasteiger partial charge in [-0.25, -0.2) is 4.39 Å². The maximum absolute atomic E-state index is 12.9. The summed E-state index contributed by atoms with van der Waals surface area (Å²) in [5.41, 5.74) is 1.37. The Bertz CT molecular complexity index is 934. The summed E-state index contributed by atoms with van der Waals surface area (Å²) in [5, 5.41) is 6.76. The van der Waals surface area contributed by atoms with Gasteiger partial charge in [-0.15, -0.1) is 0 Å². The van der Waals surface area contributed by atoms with Crippen LogP contribution in [0.1, 0.15) is 24.4 Å². The molecule has 3 rings (SSSR count). The fourth-order valence-electron chi connectivity index (χ4n) is 2.61. The number of hydrogen-bond acceptors (Lipinski definition) is 6. The van der Waals surface area contributed by atoms with Crippen LogP contribution in [0.2, 0.25) is 0 Å². The third kappa shape index (κ3) is 4.64. The van der Waals surface area contributed by atoms with Crippen LogP contribution < -0.4 is 14.8 Å². The molecule has 1 N–H and O–H groups in total. The van der Waals surface area contributed by atoms with Crippen LogP contribution in [0, 0.1) is 5.82 Å². The second kappa shape index (κ2) is 8.51. The van der Waals surface area contributed by atoms with Gasteiger partial charge in [0.05, 0.1) is 20.6 Å². The van der Waals surface area contributed by atoms with Crippen molar-refractivity contribution in [1.29, 1.82) is 0 Å². The highest BCUT2D eigenvalue weighted by atomic mass is 19.1. The highest BCUT2D eigenvalue weighted by Crippen LogP contribution is 2.28. The van der Waals surface area contributed by atoms with Crippen LogP contribution >= 0.6 is 0 Å². The Labute approximate surface area is 161 Å². The molecule has 146 valence electrons. The fraction of sp³-hybridized carbons (Fsp3) is 0.250. The first-order chi connectivity index (χ1) is 13.5. The maximum atomic E-state index is 12.9. The first-order valence-corrected chi connectivity index (χ1v) is 8.59. The van der Waals surface area contributed by atoms with Crippen molar-refractivity contribution >= 4 is 5.91 Å². The number of halogens is 1. The topological polar surface area (TPSA) is 86.5 Å². The molecule has 0 aliphatic heterocycles. The van der Waals surface area contributed by atoms with Gasteiger partial charge in [0.1, 0.15) is 23.4 Å². The van der Waals surface area contributed by atoms with E-state index in [0.29, 0.717) is 28.5 Å².